The lowest BCUT2D eigenvalue weighted by Crippen LogP contribution is -1.93. The third kappa shape index (κ3) is 4.09. The van der Waals surface area contributed by atoms with Crippen molar-refractivity contribution in [1.29, 1.82) is 5.26 Å². The average molecular weight is 668 g/mol. The summed E-state index contributed by atoms with van der Waals surface area (Å²) >= 11 is 1.79. The highest BCUT2D eigenvalue weighted by Gasteiger charge is 2.21. The lowest BCUT2D eigenvalue weighted by atomic mass is 9.97. The van der Waals surface area contributed by atoms with Gasteiger partial charge in [0.25, 0.3) is 0 Å². The fraction of sp³-hybridized carbons (Fsp3) is 0. The molecule has 0 spiro atoms. The first-order valence-electron chi connectivity index (χ1n) is 16.9. The first-order chi connectivity index (χ1) is 25.2. The molecule has 4 heterocycles. The molecule has 0 radical (unpaired) electrons. The third-order valence-electron chi connectivity index (χ3n) is 10.2. The van der Waals surface area contributed by atoms with Gasteiger partial charge in [-0.05, 0) is 71.8 Å². The summed E-state index contributed by atoms with van der Waals surface area (Å²) in [5, 5.41) is 17.6. The number of pyridine rings is 1. The van der Waals surface area contributed by atoms with Crippen molar-refractivity contribution in [2.45, 2.75) is 0 Å². The molecule has 0 N–H and O–H groups in total. The van der Waals surface area contributed by atoms with Crippen molar-refractivity contribution < 1.29 is 4.42 Å². The summed E-state index contributed by atoms with van der Waals surface area (Å²) in [6.45, 7) is 0. The van der Waals surface area contributed by atoms with Crippen LogP contribution in [0, 0.1) is 11.3 Å². The molecule has 0 fully saturated rings. The number of rotatable bonds is 3. The number of fused-ring (bicyclic) bond motifs is 12. The Morgan fingerprint density at radius 3 is 2.24 bits per heavy atom. The standard InChI is InChI=1S/C46H25N3OS/c47-26-27-17-19-32-37-25-29(18-22-38(37)49(39(32)23-27)31-11-2-1-3-12-31)28-9-8-10-30(24-28)43-42-35-14-4-6-15-40(35)50-45(42)36-21-20-34-33-13-5-7-16-41(33)51-46(34)44(36)48-43/h1-25H. The van der Waals surface area contributed by atoms with E-state index >= 15 is 0 Å². The smallest absolute Gasteiger partial charge is 0.147 e. The molecule has 0 aliphatic rings. The maximum atomic E-state index is 9.73. The van der Waals surface area contributed by atoms with Crippen LogP contribution in [0.2, 0.25) is 0 Å². The van der Waals surface area contributed by atoms with Gasteiger partial charge in [0.2, 0.25) is 0 Å². The molecular weight excluding hydrogens is 643 g/mol. The van der Waals surface area contributed by atoms with E-state index < -0.39 is 0 Å². The third-order valence-corrected chi connectivity index (χ3v) is 11.4. The number of thiophene rings is 1. The van der Waals surface area contributed by atoms with E-state index in [1.165, 1.54) is 20.2 Å². The average Bonchev–Trinajstić information content (AvgIpc) is 3.87. The molecule has 11 aromatic rings. The van der Waals surface area contributed by atoms with E-state index in [0.717, 1.165) is 82.7 Å². The number of nitriles is 1. The maximum absolute atomic E-state index is 9.73. The zero-order valence-corrected chi connectivity index (χ0v) is 27.9. The van der Waals surface area contributed by atoms with Gasteiger partial charge in [-0.25, -0.2) is 4.98 Å². The zero-order valence-electron chi connectivity index (χ0n) is 27.1. The summed E-state index contributed by atoms with van der Waals surface area (Å²) in [6, 6.07) is 55.3. The highest BCUT2D eigenvalue weighted by atomic mass is 32.1. The number of nitrogens with zero attached hydrogens (tertiary/aromatic N) is 3. The van der Waals surface area contributed by atoms with Crippen LogP contribution >= 0.6 is 11.3 Å². The fourth-order valence-electron chi connectivity index (χ4n) is 7.89. The fourth-order valence-corrected chi connectivity index (χ4v) is 9.08. The summed E-state index contributed by atoms with van der Waals surface area (Å²) < 4.78 is 11.3. The molecule has 0 atom stereocenters. The van der Waals surface area contributed by atoms with Crippen LogP contribution in [0.4, 0.5) is 0 Å². The summed E-state index contributed by atoms with van der Waals surface area (Å²) in [7, 11) is 0. The van der Waals surface area contributed by atoms with E-state index in [4.69, 9.17) is 9.40 Å². The van der Waals surface area contributed by atoms with E-state index in [1.807, 2.05) is 42.5 Å². The van der Waals surface area contributed by atoms with Gasteiger partial charge >= 0.3 is 0 Å². The van der Waals surface area contributed by atoms with Gasteiger partial charge in [0.05, 0.1) is 44.0 Å². The lowest BCUT2D eigenvalue weighted by Gasteiger charge is -2.10. The lowest BCUT2D eigenvalue weighted by molar-refractivity contribution is 0.672. The summed E-state index contributed by atoms with van der Waals surface area (Å²) in [6.07, 6.45) is 0. The van der Waals surface area contributed by atoms with E-state index in [-0.39, 0.29) is 0 Å². The minimum atomic E-state index is 0.643. The van der Waals surface area contributed by atoms with E-state index in [9.17, 15) is 5.26 Å². The Morgan fingerprint density at radius 2 is 1.33 bits per heavy atom. The van der Waals surface area contributed by atoms with Crippen molar-refractivity contribution >= 4 is 86.2 Å². The molecule has 0 saturated heterocycles. The highest BCUT2D eigenvalue weighted by molar-refractivity contribution is 7.26. The molecular formula is C46H25N3OS. The van der Waals surface area contributed by atoms with Crippen molar-refractivity contribution in [3.63, 3.8) is 0 Å². The predicted molar refractivity (Wildman–Crippen MR) is 212 cm³/mol. The Kier molecular flexibility index (Phi) is 5.86. The van der Waals surface area contributed by atoms with Gasteiger partial charge in [-0.15, -0.1) is 11.3 Å². The van der Waals surface area contributed by atoms with Crippen LogP contribution < -0.4 is 0 Å². The zero-order chi connectivity index (χ0) is 33.6. The van der Waals surface area contributed by atoms with Gasteiger partial charge in [0, 0.05) is 48.3 Å². The molecule has 236 valence electrons. The molecule has 0 aliphatic heterocycles. The van der Waals surface area contributed by atoms with Gasteiger partial charge in [-0.3, -0.25) is 0 Å². The Balaban J connectivity index is 1.16. The van der Waals surface area contributed by atoms with E-state index in [1.54, 1.807) is 11.3 Å². The maximum Gasteiger partial charge on any atom is 0.147 e. The number of hydrogen-bond donors (Lipinski definition) is 0. The van der Waals surface area contributed by atoms with Crippen molar-refractivity contribution in [2.75, 3.05) is 0 Å². The van der Waals surface area contributed by atoms with Gasteiger partial charge in [0.15, 0.2) is 0 Å². The molecule has 51 heavy (non-hydrogen) atoms. The number of para-hydroxylation sites is 2. The second kappa shape index (κ2) is 10.6. The predicted octanol–water partition coefficient (Wildman–Crippen LogP) is 12.8. The largest absolute Gasteiger partial charge is 0.455 e. The number of benzene rings is 7. The summed E-state index contributed by atoms with van der Waals surface area (Å²) in [4.78, 5) is 5.52. The SMILES string of the molecule is N#Cc1ccc2c3cc(-c4cccc(-c5nc6c(ccc7c8ccccc8sc76)c6oc7ccccc7c56)c4)ccc3n(-c3ccccc3)c2c1. The van der Waals surface area contributed by atoms with Crippen molar-refractivity contribution in [3.8, 4) is 34.1 Å². The minimum Gasteiger partial charge on any atom is -0.455 e. The molecule has 0 aliphatic carbocycles. The molecule has 7 aromatic carbocycles. The molecule has 0 unspecified atom stereocenters. The Bertz CT molecular complexity index is 3270. The minimum absolute atomic E-state index is 0.643. The van der Waals surface area contributed by atoms with E-state index in [2.05, 4.69) is 120 Å². The van der Waals surface area contributed by atoms with Crippen molar-refractivity contribution in [2.24, 2.45) is 0 Å². The molecule has 0 bridgehead atoms. The Morgan fingerprint density at radius 1 is 0.569 bits per heavy atom. The molecule has 11 rings (SSSR count). The topological polar surface area (TPSA) is 54.8 Å². The molecule has 0 saturated carbocycles. The summed E-state index contributed by atoms with van der Waals surface area (Å²) in [5.41, 5.74) is 10.7. The number of hydrogen-bond acceptors (Lipinski definition) is 4. The van der Waals surface area contributed by atoms with Crippen LogP contribution in [0.25, 0.3) is 103 Å². The molecule has 0 amide bonds. The quantitative estimate of drug-likeness (QED) is 0.188. The number of furan rings is 1. The van der Waals surface area contributed by atoms with Crippen LogP contribution in [0.1, 0.15) is 5.56 Å². The van der Waals surface area contributed by atoms with Crippen molar-refractivity contribution in [3.05, 3.63) is 157 Å². The summed E-state index contributed by atoms with van der Waals surface area (Å²) in [5.74, 6) is 0. The first-order valence-corrected chi connectivity index (χ1v) is 17.7. The van der Waals surface area contributed by atoms with E-state index in [0.29, 0.717) is 5.56 Å². The monoisotopic (exact) mass is 667 g/mol. The molecule has 4 aromatic heterocycles. The Labute approximate surface area is 295 Å². The Hall–Kier alpha value is -6.74. The van der Waals surface area contributed by atoms with Crippen molar-refractivity contribution in [1.82, 2.24) is 9.55 Å². The highest BCUT2D eigenvalue weighted by Crippen LogP contribution is 2.45. The normalized spacial score (nSPS) is 11.9. The number of aromatic nitrogens is 2. The van der Waals surface area contributed by atoms with Gasteiger partial charge in [-0.1, -0.05) is 91.0 Å². The van der Waals surface area contributed by atoms with Crippen LogP contribution in [0.5, 0.6) is 0 Å². The molecule has 5 heteroatoms. The van der Waals surface area contributed by atoms with Crippen LogP contribution in [-0.4, -0.2) is 9.55 Å². The van der Waals surface area contributed by atoms with Crippen LogP contribution in [0.15, 0.2) is 156 Å². The van der Waals surface area contributed by atoms with Crippen LogP contribution in [0.3, 0.4) is 0 Å². The molecule has 4 nitrogen and oxygen atoms in total. The van der Waals surface area contributed by atoms with Gasteiger partial charge in [0.1, 0.15) is 11.2 Å². The second-order valence-electron chi connectivity index (χ2n) is 13.0. The van der Waals surface area contributed by atoms with Gasteiger partial charge < -0.3 is 8.98 Å². The van der Waals surface area contributed by atoms with Crippen LogP contribution in [-0.2, 0) is 0 Å². The second-order valence-corrected chi connectivity index (χ2v) is 14.1. The van der Waals surface area contributed by atoms with Gasteiger partial charge in [-0.2, -0.15) is 5.26 Å². The first kappa shape index (κ1) is 28.1.